The Morgan fingerprint density at radius 1 is 1.50 bits per heavy atom. The van der Waals surface area contributed by atoms with E-state index in [2.05, 4.69) is 36.4 Å². The van der Waals surface area contributed by atoms with Gasteiger partial charge in [0.2, 0.25) is 0 Å². The van der Waals surface area contributed by atoms with Gasteiger partial charge in [-0.3, -0.25) is 14.5 Å². The Morgan fingerprint density at radius 2 is 2.29 bits per heavy atom. The molecular formula is C15H14BrN5O3. The number of carboxylic acid groups (broad SMARTS) is 1. The van der Waals surface area contributed by atoms with E-state index in [4.69, 9.17) is 5.11 Å². The zero-order valence-electron chi connectivity index (χ0n) is 12.7. The van der Waals surface area contributed by atoms with Gasteiger partial charge in [-0.25, -0.2) is 9.78 Å². The number of H-pyrrole nitrogens is 1. The molecule has 1 unspecified atom stereocenters. The molecule has 0 aliphatic rings. The monoisotopic (exact) mass is 391 g/mol. The van der Waals surface area contributed by atoms with Crippen LogP contribution in [0, 0.1) is 0 Å². The maximum atomic E-state index is 13.1. The molecule has 24 heavy (non-hydrogen) atoms. The molecule has 0 aliphatic heterocycles. The molecule has 0 spiro atoms. The van der Waals surface area contributed by atoms with Gasteiger partial charge in [0.15, 0.2) is 0 Å². The number of rotatable bonds is 4. The summed E-state index contributed by atoms with van der Waals surface area (Å²) in [5.41, 5.74) is 0.690. The first kappa shape index (κ1) is 16.2. The summed E-state index contributed by atoms with van der Waals surface area (Å²) < 4.78 is 2.00. The van der Waals surface area contributed by atoms with Gasteiger partial charge in [0.05, 0.1) is 28.8 Å². The molecule has 1 atom stereocenters. The third-order valence-electron chi connectivity index (χ3n) is 3.63. The maximum absolute atomic E-state index is 13.1. The lowest BCUT2D eigenvalue weighted by Gasteiger charge is -2.19. The van der Waals surface area contributed by atoms with E-state index < -0.39 is 12.1 Å². The fourth-order valence-corrected chi connectivity index (χ4v) is 3.08. The number of fused-ring (bicyclic) bond motifs is 1. The number of carbonyl (C=O) groups is 1. The van der Waals surface area contributed by atoms with Crippen LogP contribution in [-0.2, 0) is 0 Å². The fraction of sp³-hybridized carbons (Fsp3) is 0.200. The van der Waals surface area contributed by atoms with Gasteiger partial charge in [0, 0.05) is 10.7 Å². The number of nitrogens with one attached hydrogen (secondary N) is 2. The molecule has 2 aromatic heterocycles. The Balaban J connectivity index is 2.37. The van der Waals surface area contributed by atoms with E-state index in [9.17, 15) is 9.59 Å². The summed E-state index contributed by atoms with van der Waals surface area (Å²) in [4.78, 5) is 28.7. The molecule has 1 aromatic carbocycles. The summed E-state index contributed by atoms with van der Waals surface area (Å²) in [6, 6.07) is 4.63. The van der Waals surface area contributed by atoms with Crippen LogP contribution in [0.15, 0.2) is 39.9 Å². The smallest absolute Gasteiger partial charge is 0.405 e. The Kier molecular flexibility index (Phi) is 4.34. The van der Waals surface area contributed by atoms with Crippen molar-refractivity contribution < 1.29 is 9.90 Å². The standard InChI is InChI=1S/C15H14BrN5O3/c1-2-10(20-15(23)24)13-19-11-5-3-4-9(16)12(11)14(22)21(13)8-6-17-18-7-8/h3-7,10,20H,2H2,1H3,(H,17,18)(H,23,24). The second kappa shape index (κ2) is 6.44. The van der Waals surface area contributed by atoms with Crippen molar-refractivity contribution in [2.45, 2.75) is 19.4 Å². The van der Waals surface area contributed by atoms with Crippen LogP contribution >= 0.6 is 15.9 Å². The van der Waals surface area contributed by atoms with Gasteiger partial charge in [0.25, 0.3) is 5.56 Å². The summed E-state index contributed by atoms with van der Waals surface area (Å²) in [5, 5.41) is 18.4. The number of nitrogens with zero attached hydrogens (tertiary/aromatic N) is 3. The van der Waals surface area contributed by atoms with Crippen molar-refractivity contribution in [3.63, 3.8) is 0 Å². The third kappa shape index (κ3) is 2.78. The second-order valence-corrected chi connectivity index (χ2v) is 5.97. The van der Waals surface area contributed by atoms with Crippen LogP contribution in [0.4, 0.5) is 4.79 Å². The van der Waals surface area contributed by atoms with Crippen molar-refractivity contribution in [2.24, 2.45) is 0 Å². The molecule has 9 heteroatoms. The molecule has 0 saturated heterocycles. The molecule has 3 aromatic rings. The first-order chi connectivity index (χ1) is 11.5. The summed E-state index contributed by atoms with van der Waals surface area (Å²) >= 11 is 3.38. The van der Waals surface area contributed by atoms with E-state index in [0.717, 1.165) is 0 Å². The summed E-state index contributed by atoms with van der Waals surface area (Å²) in [6.45, 7) is 1.82. The SMILES string of the molecule is CCC(NC(=O)O)c1nc2cccc(Br)c2c(=O)n1-c1cn[nH]c1. The van der Waals surface area contributed by atoms with Crippen molar-refractivity contribution in [3.8, 4) is 5.69 Å². The minimum Gasteiger partial charge on any atom is -0.465 e. The van der Waals surface area contributed by atoms with E-state index in [1.54, 1.807) is 24.4 Å². The number of aromatic nitrogens is 4. The van der Waals surface area contributed by atoms with Gasteiger partial charge in [-0.1, -0.05) is 13.0 Å². The fourth-order valence-electron chi connectivity index (χ4n) is 2.55. The molecule has 0 saturated carbocycles. The highest BCUT2D eigenvalue weighted by Gasteiger charge is 2.22. The van der Waals surface area contributed by atoms with Crippen LogP contribution in [0.5, 0.6) is 0 Å². The van der Waals surface area contributed by atoms with Crippen LogP contribution in [0.1, 0.15) is 25.2 Å². The molecule has 1 amide bonds. The Labute approximate surface area is 144 Å². The predicted molar refractivity (Wildman–Crippen MR) is 91.4 cm³/mol. The molecule has 0 radical (unpaired) electrons. The second-order valence-electron chi connectivity index (χ2n) is 5.11. The lowest BCUT2D eigenvalue weighted by Crippen LogP contribution is -2.33. The highest BCUT2D eigenvalue weighted by molar-refractivity contribution is 9.10. The van der Waals surface area contributed by atoms with E-state index in [-0.39, 0.29) is 5.56 Å². The number of amides is 1. The summed E-state index contributed by atoms with van der Waals surface area (Å²) in [6.07, 6.45) is 2.31. The lowest BCUT2D eigenvalue weighted by atomic mass is 10.1. The van der Waals surface area contributed by atoms with Crippen LogP contribution in [0.25, 0.3) is 16.6 Å². The van der Waals surface area contributed by atoms with Crippen molar-refractivity contribution in [1.29, 1.82) is 0 Å². The van der Waals surface area contributed by atoms with E-state index in [1.807, 2.05) is 6.92 Å². The largest absolute Gasteiger partial charge is 0.465 e. The van der Waals surface area contributed by atoms with Crippen molar-refractivity contribution >= 4 is 32.9 Å². The normalized spacial score (nSPS) is 12.2. The molecule has 124 valence electrons. The molecular weight excluding hydrogens is 378 g/mol. The van der Waals surface area contributed by atoms with Crippen LogP contribution < -0.4 is 10.9 Å². The minimum absolute atomic E-state index is 0.297. The van der Waals surface area contributed by atoms with E-state index in [1.165, 1.54) is 10.8 Å². The van der Waals surface area contributed by atoms with Gasteiger partial charge < -0.3 is 10.4 Å². The van der Waals surface area contributed by atoms with Crippen molar-refractivity contribution in [3.05, 3.63) is 51.2 Å². The average Bonchev–Trinajstić information content (AvgIpc) is 3.06. The molecule has 0 aliphatic carbocycles. The Morgan fingerprint density at radius 3 is 2.92 bits per heavy atom. The van der Waals surface area contributed by atoms with Gasteiger partial charge >= 0.3 is 6.09 Å². The lowest BCUT2D eigenvalue weighted by molar-refractivity contribution is 0.188. The summed E-state index contributed by atoms with van der Waals surface area (Å²) in [7, 11) is 0. The number of hydrogen-bond acceptors (Lipinski definition) is 4. The number of hydrogen-bond donors (Lipinski definition) is 3. The Bertz CT molecular complexity index is 952. The number of aromatic amines is 1. The molecule has 0 bridgehead atoms. The number of halogens is 1. The topological polar surface area (TPSA) is 113 Å². The molecule has 3 rings (SSSR count). The van der Waals surface area contributed by atoms with Gasteiger partial charge in [-0.2, -0.15) is 5.10 Å². The van der Waals surface area contributed by atoms with E-state index in [0.29, 0.717) is 33.3 Å². The quantitative estimate of drug-likeness (QED) is 0.632. The zero-order valence-corrected chi connectivity index (χ0v) is 14.2. The van der Waals surface area contributed by atoms with Crippen LogP contribution in [-0.4, -0.2) is 30.9 Å². The van der Waals surface area contributed by atoms with Crippen molar-refractivity contribution in [1.82, 2.24) is 25.1 Å². The minimum atomic E-state index is -1.18. The highest BCUT2D eigenvalue weighted by atomic mass is 79.9. The number of benzene rings is 1. The zero-order chi connectivity index (χ0) is 17.3. The van der Waals surface area contributed by atoms with Gasteiger partial charge in [-0.05, 0) is 34.5 Å². The first-order valence-corrected chi connectivity index (χ1v) is 8.02. The maximum Gasteiger partial charge on any atom is 0.405 e. The summed E-state index contributed by atoms with van der Waals surface area (Å²) in [5.74, 6) is 0.317. The van der Waals surface area contributed by atoms with Crippen LogP contribution in [0.3, 0.4) is 0 Å². The van der Waals surface area contributed by atoms with Gasteiger partial charge in [-0.15, -0.1) is 0 Å². The van der Waals surface area contributed by atoms with Crippen molar-refractivity contribution in [2.75, 3.05) is 0 Å². The molecule has 2 heterocycles. The van der Waals surface area contributed by atoms with E-state index >= 15 is 0 Å². The van der Waals surface area contributed by atoms with Crippen LogP contribution in [0.2, 0.25) is 0 Å². The average molecular weight is 392 g/mol. The van der Waals surface area contributed by atoms with Gasteiger partial charge in [0.1, 0.15) is 5.82 Å². The molecule has 0 fully saturated rings. The Hall–Kier alpha value is -2.68. The molecule has 3 N–H and O–H groups in total. The highest BCUT2D eigenvalue weighted by Crippen LogP contribution is 2.24. The molecule has 8 nitrogen and oxygen atoms in total. The first-order valence-electron chi connectivity index (χ1n) is 7.22. The predicted octanol–water partition coefficient (Wildman–Crippen LogP) is 2.59. The third-order valence-corrected chi connectivity index (χ3v) is 4.29.